The summed E-state index contributed by atoms with van der Waals surface area (Å²) in [6.45, 7) is 1.87. The fourth-order valence-corrected chi connectivity index (χ4v) is 1.91. The van der Waals surface area contributed by atoms with E-state index in [1.54, 1.807) is 12.1 Å². The van der Waals surface area contributed by atoms with Gasteiger partial charge in [0.1, 0.15) is 5.82 Å². The van der Waals surface area contributed by atoms with E-state index in [0.29, 0.717) is 11.4 Å². The standard InChI is InChI=1S/C13H10BrN3/c1-9-5-10(8-15)6-13(16-9)17-12-4-2-3-11(14)7-12/h2-7H,1H3,(H,16,17). The Morgan fingerprint density at radius 1 is 1.29 bits per heavy atom. The maximum absolute atomic E-state index is 8.88. The third-order valence-corrected chi connectivity index (χ3v) is 2.67. The third-order valence-electron chi connectivity index (χ3n) is 2.18. The first-order valence-electron chi connectivity index (χ1n) is 5.09. The molecule has 0 saturated carbocycles. The van der Waals surface area contributed by atoms with Crippen molar-refractivity contribution in [3.05, 3.63) is 52.1 Å². The Bertz CT molecular complexity index is 587. The SMILES string of the molecule is Cc1cc(C#N)cc(Nc2cccc(Br)c2)n1. The number of hydrogen-bond acceptors (Lipinski definition) is 3. The summed E-state index contributed by atoms with van der Waals surface area (Å²) in [6, 6.07) is 13.4. The zero-order valence-electron chi connectivity index (χ0n) is 9.24. The quantitative estimate of drug-likeness (QED) is 0.915. The second-order valence-electron chi connectivity index (χ2n) is 3.63. The number of nitriles is 1. The predicted molar refractivity (Wildman–Crippen MR) is 71.1 cm³/mol. The minimum absolute atomic E-state index is 0.606. The number of benzene rings is 1. The van der Waals surface area contributed by atoms with Crippen molar-refractivity contribution in [1.82, 2.24) is 4.98 Å². The van der Waals surface area contributed by atoms with Crippen molar-refractivity contribution in [2.45, 2.75) is 6.92 Å². The maximum Gasteiger partial charge on any atom is 0.131 e. The molecule has 0 fully saturated rings. The Morgan fingerprint density at radius 2 is 2.12 bits per heavy atom. The van der Waals surface area contributed by atoms with Crippen molar-refractivity contribution >= 4 is 27.4 Å². The Morgan fingerprint density at radius 3 is 2.82 bits per heavy atom. The Balaban J connectivity index is 2.30. The molecule has 0 atom stereocenters. The third kappa shape index (κ3) is 3.05. The molecule has 4 heteroatoms. The van der Waals surface area contributed by atoms with Gasteiger partial charge in [-0.25, -0.2) is 4.98 Å². The molecule has 0 amide bonds. The predicted octanol–water partition coefficient (Wildman–Crippen LogP) is 3.77. The fraction of sp³-hybridized carbons (Fsp3) is 0.0769. The van der Waals surface area contributed by atoms with Gasteiger partial charge < -0.3 is 5.32 Å². The van der Waals surface area contributed by atoms with Gasteiger partial charge in [-0.15, -0.1) is 0 Å². The average Bonchev–Trinajstić information content (AvgIpc) is 2.28. The van der Waals surface area contributed by atoms with Gasteiger partial charge in [0.15, 0.2) is 0 Å². The van der Waals surface area contributed by atoms with Crippen LogP contribution in [0.2, 0.25) is 0 Å². The van der Waals surface area contributed by atoms with Crippen molar-refractivity contribution < 1.29 is 0 Å². The molecule has 3 nitrogen and oxygen atoms in total. The average molecular weight is 288 g/mol. The molecule has 2 rings (SSSR count). The zero-order chi connectivity index (χ0) is 12.3. The molecule has 1 heterocycles. The summed E-state index contributed by atoms with van der Waals surface area (Å²) in [5.74, 6) is 0.680. The molecule has 0 radical (unpaired) electrons. The Hall–Kier alpha value is -1.86. The molecule has 0 aliphatic heterocycles. The fourth-order valence-electron chi connectivity index (χ4n) is 1.51. The van der Waals surface area contributed by atoms with Gasteiger partial charge >= 0.3 is 0 Å². The second kappa shape index (κ2) is 4.98. The molecule has 1 N–H and O–H groups in total. The summed E-state index contributed by atoms with van der Waals surface area (Å²) < 4.78 is 0.996. The molecule has 84 valence electrons. The van der Waals surface area contributed by atoms with Crippen LogP contribution in [0.25, 0.3) is 0 Å². The molecule has 17 heavy (non-hydrogen) atoms. The first kappa shape index (κ1) is 11.6. The van der Waals surface area contributed by atoms with E-state index in [0.717, 1.165) is 15.9 Å². The number of anilines is 2. The van der Waals surface area contributed by atoms with Crippen molar-refractivity contribution in [2.24, 2.45) is 0 Å². The Kier molecular flexibility index (Phi) is 3.40. The summed E-state index contributed by atoms with van der Waals surface area (Å²) in [6.07, 6.45) is 0. The lowest BCUT2D eigenvalue weighted by atomic mass is 10.2. The summed E-state index contributed by atoms with van der Waals surface area (Å²) in [4.78, 5) is 4.33. The van der Waals surface area contributed by atoms with E-state index >= 15 is 0 Å². The van der Waals surface area contributed by atoms with Crippen LogP contribution in [0.3, 0.4) is 0 Å². The second-order valence-corrected chi connectivity index (χ2v) is 4.55. The van der Waals surface area contributed by atoms with Gasteiger partial charge in [-0.2, -0.15) is 5.26 Å². The number of rotatable bonds is 2. The molecule has 0 aliphatic rings. The number of halogens is 1. The van der Waals surface area contributed by atoms with Crippen LogP contribution in [-0.4, -0.2) is 4.98 Å². The normalized spacial score (nSPS) is 9.71. The van der Waals surface area contributed by atoms with Gasteiger partial charge in [0.05, 0.1) is 11.6 Å². The number of nitrogens with one attached hydrogen (secondary N) is 1. The lowest BCUT2D eigenvalue weighted by Gasteiger charge is -2.07. The van der Waals surface area contributed by atoms with E-state index < -0.39 is 0 Å². The molecule has 1 aromatic heterocycles. The van der Waals surface area contributed by atoms with E-state index in [-0.39, 0.29) is 0 Å². The first-order chi connectivity index (χ1) is 8.17. The van der Waals surface area contributed by atoms with E-state index in [4.69, 9.17) is 5.26 Å². The van der Waals surface area contributed by atoms with Crippen LogP contribution >= 0.6 is 15.9 Å². The highest BCUT2D eigenvalue weighted by Crippen LogP contribution is 2.20. The van der Waals surface area contributed by atoms with Gasteiger partial charge in [0.25, 0.3) is 0 Å². The molecule has 0 aliphatic carbocycles. The number of hydrogen-bond donors (Lipinski definition) is 1. The van der Waals surface area contributed by atoms with Crippen LogP contribution in [0, 0.1) is 18.3 Å². The minimum Gasteiger partial charge on any atom is -0.340 e. The van der Waals surface area contributed by atoms with E-state index in [1.165, 1.54) is 0 Å². The van der Waals surface area contributed by atoms with E-state index in [1.807, 2.05) is 31.2 Å². The van der Waals surface area contributed by atoms with Crippen molar-refractivity contribution in [3.8, 4) is 6.07 Å². The minimum atomic E-state index is 0.606. The van der Waals surface area contributed by atoms with Gasteiger partial charge in [-0.3, -0.25) is 0 Å². The van der Waals surface area contributed by atoms with E-state index in [2.05, 4.69) is 32.3 Å². The molecular formula is C13H10BrN3. The van der Waals surface area contributed by atoms with Crippen LogP contribution in [0.4, 0.5) is 11.5 Å². The van der Waals surface area contributed by atoms with Gasteiger partial charge in [-0.05, 0) is 37.3 Å². The maximum atomic E-state index is 8.88. The monoisotopic (exact) mass is 287 g/mol. The Labute approximate surface area is 108 Å². The molecule has 1 aromatic carbocycles. The largest absolute Gasteiger partial charge is 0.340 e. The molecule has 0 spiro atoms. The molecular weight excluding hydrogens is 278 g/mol. The summed E-state index contributed by atoms with van der Waals surface area (Å²) in [5, 5.41) is 12.1. The number of aryl methyl sites for hydroxylation is 1. The highest BCUT2D eigenvalue weighted by Gasteiger charge is 2.00. The van der Waals surface area contributed by atoms with Crippen LogP contribution in [0.1, 0.15) is 11.3 Å². The molecule has 0 unspecified atom stereocenters. The van der Waals surface area contributed by atoms with Crippen LogP contribution < -0.4 is 5.32 Å². The van der Waals surface area contributed by atoms with Crippen LogP contribution in [0.5, 0.6) is 0 Å². The van der Waals surface area contributed by atoms with Crippen molar-refractivity contribution in [2.75, 3.05) is 5.32 Å². The molecule has 0 bridgehead atoms. The van der Waals surface area contributed by atoms with Crippen LogP contribution in [0.15, 0.2) is 40.9 Å². The summed E-state index contributed by atoms with van der Waals surface area (Å²) in [7, 11) is 0. The lowest BCUT2D eigenvalue weighted by molar-refractivity contribution is 1.19. The number of nitrogens with zero attached hydrogens (tertiary/aromatic N) is 2. The first-order valence-corrected chi connectivity index (χ1v) is 5.88. The highest BCUT2D eigenvalue weighted by atomic mass is 79.9. The topological polar surface area (TPSA) is 48.7 Å². The van der Waals surface area contributed by atoms with Crippen molar-refractivity contribution in [1.29, 1.82) is 5.26 Å². The highest BCUT2D eigenvalue weighted by molar-refractivity contribution is 9.10. The number of pyridine rings is 1. The zero-order valence-corrected chi connectivity index (χ0v) is 10.8. The van der Waals surface area contributed by atoms with Gasteiger partial charge in [-0.1, -0.05) is 22.0 Å². The lowest BCUT2D eigenvalue weighted by Crippen LogP contribution is -1.96. The summed E-state index contributed by atoms with van der Waals surface area (Å²) >= 11 is 3.41. The van der Waals surface area contributed by atoms with E-state index in [9.17, 15) is 0 Å². The van der Waals surface area contributed by atoms with Gasteiger partial charge in [0.2, 0.25) is 0 Å². The van der Waals surface area contributed by atoms with Crippen molar-refractivity contribution in [3.63, 3.8) is 0 Å². The smallest absolute Gasteiger partial charge is 0.131 e. The number of aromatic nitrogens is 1. The summed E-state index contributed by atoms with van der Waals surface area (Å²) in [5.41, 5.74) is 2.36. The molecule has 2 aromatic rings. The van der Waals surface area contributed by atoms with Crippen LogP contribution in [-0.2, 0) is 0 Å². The van der Waals surface area contributed by atoms with Gasteiger partial charge in [0, 0.05) is 15.9 Å². The molecule has 0 saturated heterocycles.